The van der Waals surface area contributed by atoms with E-state index in [1.807, 2.05) is 13.8 Å². The molecule has 0 fully saturated rings. The van der Waals surface area contributed by atoms with Gasteiger partial charge in [-0.05, 0) is 49.4 Å². The maximum absolute atomic E-state index is 12.3. The predicted molar refractivity (Wildman–Crippen MR) is 96.3 cm³/mol. The van der Waals surface area contributed by atoms with Crippen LogP contribution in [0.3, 0.4) is 0 Å². The molecule has 1 unspecified atom stereocenters. The quantitative estimate of drug-likeness (QED) is 0.680. The molecule has 26 heavy (non-hydrogen) atoms. The number of carbonyl (C=O) groups is 2. The molecular weight excluding hydrogens is 338 g/mol. The summed E-state index contributed by atoms with van der Waals surface area (Å²) < 4.78 is 5.24. The fourth-order valence-electron chi connectivity index (χ4n) is 2.96. The molecule has 1 heterocycles. The molecule has 0 radical (unpaired) electrons. The number of rotatable bonds is 6. The minimum atomic E-state index is -1.12. The maximum atomic E-state index is 12.3. The van der Waals surface area contributed by atoms with Gasteiger partial charge in [0.1, 0.15) is 17.4 Å². The van der Waals surface area contributed by atoms with E-state index >= 15 is 0 Å². The van der Waals surface area contributed by atoms with E-state index in [9.17, 15) is 24.6 Å². The Morgan fingerprint density at radius 1 is 1.23 bits per heavy atom. The van der Waals surface area contributed by atoms with Crippen molar-refractivity contribution in [3.05, 3.63) is 39.2 Å². The second-order valence-electron chi connectivity index (χ2n) is 6.91. The summed E-state index contributed by atoms with van der Waals surface area (Å²) in [5, 5.41) is 22.2. The first-order valence-electron chi connectivity index (χ1n) is 8.38. The molecule has 3 N–H and O–H groups in total. The summed E-state index contributed by atoms with van der Waals surface area (Å²) >= 11 is 0. The van der Waals surface area contributed by atoms with Crippen molar-refractivity contribution in [1.82, 2.24) is 5.32 Å². The molecule has 1 aromatic carbocycles. The molecule has 0 saturated heterocycles. The number of aromatic hydroxyl groups is 1. The maximum Gasteiger partial charge on any atom is 0.340 e. The van der Waals surface area contributed by atoms with E-state index in [-0.39, 0.29) is 35.7 Å². The lowest BCUT2D eigenvalue weighted by atomic mass is 10.0. The van der Waals surface area contributed by atoms with Crippen LogP contribution in [0.2, 0.25) is 0 Å². The van der Waals surface area contributed by atoms with Crippen LogP contribution in [0.1, 0.15) is 37.0 Å². The number of aliphatic carboxylic acids is 1. The number of phenols is 1. The number of amides is 1. The van der Waals surface area contributed by atoms with Gasteiger partial charge in [-0.25, -0.2) is 9.59 Å². The number of aryl methyl sites for hydroxylation is 2. The predicted octanol–water partition coefficient (Wildman–Crippen LogP) is 2.27. The Bertz CT molecular complexity index is 912. The number of carboxylic acid groups (broad SMARTS) is 1. The Kier molecular flexibility index (Phi) is 5.69. The highest BCUT2D eigenvalue weighted by atomic mass is 16.4. The Balaban J connectivity index is 2.34. The molecule has 1 amide bonds. The van der Waals surface area contributed by atoms with Gasteiger partial charge in [0, 0.05) is 0 Å². The summed E-state index contributed by atoms with van der Waals surface area (Å²) in [6.07, 6.45) is -0.0360. The smallest absolute Gasteiger partial charge is 0.340 e. The normalized spacial score (nSPS) is 12.3. The van der Waals surface area contributed by atoms with Gasteiger partial charge in [-0.15, -0.1) is 0 Å². The van der Waals surface area contributed by atoms with E-state index in [0.717, 1.165) is 5.56 Å². The lowest BCUT2D eigenvalue weighted by molar-refractivity contribution is -0.142. The van der Waals surface area contributed by atoms with Crippen molar-refractivity contribution in [2.24, 2.45) is 5.92 Å². The van der Waals surface area contributed by atoms with Crippen molar-refractivity contribution in [3.8, 4) is 5.75 Å². The standard InChI is InChI=1S/C19H23NO6/c1-9(2)5-13(18(23)24)20-16(22)8-12-11(4)17-14(21)6-10(3)7-15(17)26-19(12)25/h6-7,9,13,21H,5,8H2,1-4H3,(H,20,22)(H,23,24). The van der Waals surface area contributed by atoms with Gasteiger partial charge in [-0.1, -0.05) is 13.8 Å². The summed E-state index contributed by atoms with van der Waals surface area (Å²) in [6.45, 7) is 7.10. The van der Waals surface area contributed by atoms with Crippen LogP contribution < -0.4 is 10.9 Å². The van der Waals surface area contributed by atoms with E-state index in [1.165, 1.54) is 0 Å². The first-order valence-corrected chi connectivity index (χ1v) is 8.38. The van der Waals surface area contributed by atoms with Crippen molar-refractivity contribution in [1.29, 1.82) is 0 Å². The zero-order chi connectivity index (χ0) is 19.6. The third-order valence-electron chi connectivity index (χ3n) is 4.18. The fourth-order valence-corrected chi connectivity index (χ4v) is 2.96. The number of benzene rings is 1. The van der Waals surface area contributed by atoms with Gasteiger partial charge in [0.15, 0.2) is 0 Å². The summed E-state index contributed by atoms with van der Waals surface area (Å²) in [4.78, 5) is 35.8. The second-order valence-corrected chi connectivity index (χ2v) is 6.91. The van der Waals surface area contributed by atoms with E-state index < -0.39 is 23.5 Å². The minimum absolute atomic E-state index is 0.0360. The molecule has 7 nitrogen and oxygen atoms in total. The Morgan fingerprint density at radius 2 is 1.88 bits per heavy atom. The Morgan fingerprint density at radius 3 is 2.46 bits per heavy atom. The molecule has 0 bridgehead atoms. The first-order chi connectivity index (χ1) is 12.1. The van der Waals surface area contributed by atoms with Crippen LogP contribution in [0.15, 0.2) is 21.3 Å². The summed E-state index contributed by atoms with van der Waals surface area (Å²) in [5.41, 5.74) is 0.853. The molecule has 2 aromatic rings. The third-order valence-corrected chi connectivity index (χ3v) is 4.18. The van der Waals surface area contributed by atoms with Gasteiger partial charge >= 0.3 is 11.6 Å². The zero-order valence-electron chi connectivity index (χ0n) is 15.3. The van der Waals surface area contributed by atoms with Crippen LogP contribution >= 0.6 is 0 Å². The van der Waals surface area contributed by atoms with Crippen molar-refractivity contribution in [2.75, 3.05) is 0 Å². The van der Waals surface area contributed by atoms with Gasteiger partial charge in [0.2, 0.25) is 5.91 Å². The molecule has 7 heteroatoms. The van der Waals surface area contributed by atoms with E-state index in [0.29, 0.717) is 10.9 Å². The van der Waals surface area contributed by atoms with E-state index in [4.69, 9.17) is 4.42 Å². The summed E-state index contributed by atoms with van der Waals surface area (Å²) in [5.74, 6) is -1.66. The van der Waals surface area contributed by atoms with E-state index in [2.05, 4.69) is 5.32 Å². The highest BCUT2D eigenvalue weighted by Gasteiger charge is 2.23. The zero-order valence-corrected chi connectivity index (χ0v) is 15.3. The second kappa shape index (κ2) is 7.59. The average Bonchev–Trinajstić information content (AvgIpc) is 2.49. The summed E-state index contributed by atoms with van der Waals surface area (Å²) in [6, 6.07) is 2.16. The Hall–Kier alpha value is -2.83. The number of hydrogen-bond acceptors (Lipinski definition) is 5. The number of carbonyl (C=O) groups excluding carboxylic acids is 1. The molecule has 0 aliphatic heterocycles. The molecule has 1 aromatic heterocycles. The number of nitrogens with one attached hydrogen (secondary N) is 1. The molecule has 0 aliphatic rings. The number of hydrogen-bond donors (Lipinski definition) is 3. The largest absolute Gasteiger partial charge is 0.507 e. The molecule has 140 valence electrons. The van der Waals surface area contributed by atoms with Gasteiger partial charge in [-0.3, -0.25) is 4.79 Å². The van der Waals surface area contributed by atoms with Crippen LogP contribution in [-0.4, -0.2) is 28.1 Å². The van der Waals surface area contributed by atoms with Crippen LogP contribution in [-0.2, 0) is 16.0 Å². The highest BCUT2D eigenvalue weighted by molar-refractivity contribution is 5.90. The number of phenolic OH excluding ortho intramolecular Hbond substituents is 1. The molecule has 0 saturated carbocycles. The summed E-state index contributed by atoms with van der Waals surface area (Å²) in [7, 11) is 0. The van der Waals surface area contributed by atoms with E-state index in [1.54, 1.807) is 26.0 Å². The van der Waals surface area contributed by atoms with Gasteiger partial charge in [-0.2, -0.15) is 0 Å². The van der Waals surface area contributed by atoms with Crippen LogP contribution in [0.4, 0.5) is 0 Å². The topological polar surface area (TPSA) is 117 Å². The third kappa shape index (κ3) is 4.22. The van der Waals surface area contributed by atoms with Crippen LogP contribution in [0, 0.1) is 19.8 Å². The van der Waals surface area contributed by atoms with Gasteiger partial charge in [0.05, 0.1) is 17.4 Å². The SMILES string of the molecule is Cc1cc(O)c2c(C)c(CC(=O)NC(CC(C)C)C(=O)O)c(=O)oc2c1. The van der Waals surface area contributed by atoms with Crippen molar-refractivity contribution in [3.63, 3.8) is 0 Å². The molecule has 0 aliphatic carbocycles. The fraction of sp³-hybridized carbons (Fsp3) is 0.421. The average molecular weight is 361 g/mol. The monoisotopic (exact) mass is 361 g/mol. The Labute approximate surface area is 150 Å². The van der Waals surface area contributed by atoms with Crippen molar-refractivity contribution < 1.29 is 24.2 Å². The lowest BCUT2D eigenvalue weighted by Crippen LogP contribution is -2.42. The van der Waals surface area contributed by atoms with Gasteiger partial charge < -0.3 is 19.9 Å². The molecule has 0 spiro atoms. The number of carboxylic acids is 1. The van der Waals surface area contributed by atoms with Crippen LogP contribution in [0.25, 0.3) is 11.0 Å². The number of fused-ring (bicyclic) bond motifs is 1. The highest BCUT2D eigenvalue weighted by Crippen LogP contribution is 2.29. The van der Waals surface area contributed by atoms with Gasteiger partial charge in [0.25, 0.3) is 0 Å². The minimum Gasteiger partial charge on any atom is -0.507 e. The van der Waals surface area contributed by atoms with Crippen molar-refractivity contribution in [2.45, 2.75) is 46.6 Å². The molecule has 2 rings (SSSR count). The van der Waals surface area contributed by atoms with Crippen LogP contribution in [0.5, 0.6) is 5.75 Å². The first kappa shape index (κ1) is 19.5. The lowest BCUT2D eigenvalue weighted by Gasteiger charge is -2.17. The molecular formula is C19H23NO6. The van der Waals surface area contributed by atoms with Crippen molar-refractivity contribution >= 4 is 22.8 Å². The molecule has 1 atom stereocenters.